The highest BCUT2D eigenvalue weighted by molar-refractivity contribution is 6.00. The van der Waals surface area contributed by atoms with E-state index >= 15 is 0 Å². The number of anilines is 2. The summed E-state index contributed by atoms with van der Waals surface area (Å²) in [4.78, 5) is 16.5. The van der Waals surface area contributed by atoms with Crippen LogP contribution in [0.1, 0.15) is 16.7 Å². The molecule has 0 spiro atoms. The summed E-state index contributed by atoms with van der Waals surface area (Å²) in [6.07, 6.45) is 0.815. The first-order valence-electron chi connectivity index (χ1n) is 9.55. The van der Waals surface area contributed by atoms with E-state index in [2.05, 4.69) is 39.9 Å². The Hall–Kier alpha value is -3.64. The fourth-order valence-corrected chi connectivity index (χ4v) is 3.25. The van der Waals surface area contributed by atoms with Gasteiger partial charge in [0.1, 0.15) is 5.84 Å². The van der Waals surface area contributed by atoms with Gasteiger partial charge < -0.3 is 10.6 Å². The average Bonchev–Trinajstić information content (AvgIpc) is 3.17. The van der Waals surface area contributed by atoms with Crippen LogP contribution in [0.3, 0.4) is 0 Å². The zero-order valence-electron chi connectivity index (χ0n) is 16.0. The monoisotopic (exact) mass is 385 g/mol. The van der Waals surface area contributed by atoms with Crippen molar-refractivity contribution in [2.24, 2.45) is 10.8 Å². The Morgan fingerprint density at radius 3 is 2.03 bits per heavy atom. The summed E-state index contributed by atoms with van der Waals surface area (Å²) in [7, 11) is 0. The van der Waals surface area contributed by atoms with Gasteiger partial charge in [-0.15, -0.1) is 0 Å². The zero-order chi connectivity index (χ0) is 20.1. The second kappa shape index (κ2) is 8.58. The number of para-hydroxylation sites is 1. The maximum absolute atomic E-state index is 12.1. The van der Waals surface area contributed by atoms with Gasteiger partial charge in [0, 0.05) is 16.9 Å². The SMILES string of the molecule is NN1CCN=C1c1ccc(Cc2ccc(NC(=O)Nc3ccccc3)cc2)cc1. The number of carbonyl (C=O) groups excluding carboxylic acids is 1. The van der Waals surface area contributed by atoms with E-state index in [9.17, 15) is 4.79 Å². The minimum absolute atomic E-state index is 0.261. The van der Waals surface area contributed by atoms with E-state index in [4.69, 9.17) is 5.84 Å². The predicted octanol–water partition coefficient (Wildman–Crippen LogP) is 3.86. The number of carbonyl (C=O) groups is 1. The van der Waals surface area contributed by atoms with Crippen LogP contribution in [0.5, 0.6) is 0 Å². The smallest absolute Gasteiger partial charge is 0.308 e. The highest BCUT2D eigenvalue weighted by Crippen LogP contribution is 2.16. The van der Waals surface area contributed by atoms with Crippen LogP contribution in [0.15, 0.2) is 83.9 Å². The minimum atomic E-state index is -0.261. The lowest BCUT2D eigenvalue weighted by atomic mass is 10.0. The van der Waals surface area contributed by atoms with Crippen LogP contribution in [0.25, 0.3) is 0 Å². The number of aliphatic imine (C=N–C) groups is 1. The lowest BCUT2D eigenvalue weighted by Gasteiger charge is -2.13. The number of benzene rings is 3. The minimum Gasteiger partial charge on any atom is -0.308 e. The van der Waals surface area contributed by atoms with Gasteiger partial charge in [-0.05, 0) is 41.8 Å². The summed E-state index contributed by atoms with van der Waals surface area (Å²) in [5, 5.41) is 7.34. The summed E-state index contributed by atoms with van der Waals surface area (Å²) in [6.45, 7) is 1.51. The first kappa shape index (κ1) is 18.7. The molecule has 1 heterocycles. The average molecular weight is 385 g/mol. The number of urea groups is 1. The first-order valence-corrected chi connectivity index (χ1v) is 9.55. The summed E-state index contributed by atoms with van der Waals surface area (Å²) < 4.78 is 0. The Bertz CT molecular complexity index is 998. The van der Waals surface area contributed by atoms with Gasteiger partial charge in [-0.3, -0.25) is 10.0 Å². The standard InChI is InChI=1S/C23H23N5O/c24-28-15-14-25-22(28)19-10-6-17(7-11-19)16-18-8-12-21(13-9-18)27-23(29)26-20-4-2-1-3-5-20/h1-13H,14-16,24H2,(H2,26,27,29). The van der Waals surface area contributed by atoms with Gasteiger partial charge in [0.15, 0.2) is 0 Å². The fraction of sp³-hybridized carbons (Fsp3) is 0.130. The molecule has 0 radical (unpaired) electrons. The van der Waals surface area contributed by atoms with Gasteiger partial charge in [0.25, 0.3) is 0 Å². The van der Waals surface area contributed by atoms with Crippen LogP contribution in [-0.2, 0) is 6.42 Å². The molecule has 3 aromatic carbocycles. The molecule has 0 saturated heterocycles. The fourth-order valence-electron chi connectivity index (χ4n) is 3.25. The van der Waals surface area contributed by atoms with Crippen LogP contribution in [0.4, 0.5) is 16.2 Å². The van der Waals surface area contributed by atoms with Crippen molar-refractivity contribution in [1.82, 2.24) is 5.01 Å². The van der Waals surface area contributed by atoms with Crippen LogP contribution in [-0.4, -0.2) is 30.0 Å². The number of amidine groups is 1. The molecular weight excluding hydrogens is 362 g/mol. The van der Waals surface area contributed by atoms with Crippen molar-refractivity contribution in [3.63, 3.8) is 0 Å². The first-order chi connectivity index (χ1) is 14.2. The Morgan fingerprint density at radius 1 is 0.862 bits per heavy atom. The quantitative estimate of drug-likeness (QED) is 0.583. The number of nitrogens with two attached hydrogens (primary N) is 1. The van der Waals surface area contributed by atoms with Crippen LogP contribution in [0.2, 0.25) is 0 Å². The van der Waals surface area contributed by atoms with Crippen LogP contribution < -0.4 is 16.5 Å². The Morgan fingerprint density at radius 2 is 1.45 bits per heavy atom. The third-order valence-corrected chi connectivity index (χ3v) is 4.74. The summed E-state index contributed by atoms with van der Waals surface area (Å²) in [6, 6.07) is 25.3. The van der Waals surface area contributed by atoms with E-state index in [0.717, 1.165) is 42.3 Å². The predicted molar refractivity (Wildman–Crippen MR) is 117 cm³/mol. The van der Waals surface area contributed by atoms with E-state index in [1.807, 2.05) is 54.6 Å². The molecule has 29 heavy (non-hydrogen) atoms. The molecule has 146 valence electrons. The summed E-state index contributed by atoms with van der Waals surface area (Å²) in [5.41, 5.74) is 4.92. The summed E-state index contributed by atoms with van der Waals surface area (Å²) >= 11 is 0. The zero-order valence-corrected chi connectivity index (χ0v) is 16.0. The lowest BCUT2D eigenvalue weighted by molar-refractivity contribution is 0.262. The Kier molecular flexibility index (Phi) is 5.54. The topological polar surface area (TPSA) is 82.8 Å². The Balaban J connectivity index is 1.34. The van der Waals surface area contributed by atoms with Crippen molar-refractivity contribution >= 4 is 23.2 Å². The Labute approximate surface area is 170 Å². The van der Waals surface area contributed by atoms with Crippen molar-refractivity contribution in [2.45, 2.75) is 6.42 Å². The highest BCUT2D eigenvalue weighted by atomic mass is 16.2. The second-order valence-corrected chi connectivity index (χ2v) is 6.91. The van der Waals surface area contributed by atoms with E-state index in [1.165, 1.54) is 11.1 Å². The molecule has 0 aromatic heterocycles. The molecule has 3 aromatic rings. The third kappa shape index (κ3) is 4.80. The highest BCUT2D eigenvalue weighted by Gasteiger charge is 2.14. The number of rotatable bonds is 5. The second-order valence-electron chi connectivity index (χ2n) is 6.91. The van der Waals surface area contributed by atoms with E-state index in [-0.39, 0.29) is 6.03 Å². The molecule has 0 atom stereocenters. The molecule has 6 heteroatoms. The molecule has 0 aliphatic carbocycles. The molecule has 0 unspecified atom stereocenters. The van der Waals surface area contributed by atoms with Crippen molar-refractivity contribution in [1.29, 1.82) is 0 Å². The van der Waals surface area contributed by atoms with E-state index < -0.39 is 0 Å². The van der Waals surface area contributed by atoms with Gasteiger partial charge in [-0.25, -0.2) is 10.6 Å². The molecule has 1 aliphatic heterocycles. The maximum atomic E-state index is 12.1. The van der Waals surface area contributed by atoms with E-state index in [0.29, 0.717) is 0 Å². The van der Waals surface area contributed by atoms with Crippen LogP contribution >= 0.6 is 0 Å². The molecule has 4 rings (SSSR count). The maximum Gasteiger partial charge on any atom is 0.323 e. The van der Waals surface area contributed by atoms with Crippen LogP contribution in [0, 0.1) is 0 Å². The van der Waals surface area contributed by atoms with Crippen molar-refractivity contribution in [3.8, 4) is 0 Å². The lowest BCUT2D eigenvalue weighted by Crippen LogP contribution is -2.34. The van der Waals surface area contributed by atoms with Crippen molar-refractivity contribution < 1.29 is 4.79 Å². The number of hydrogen-bond acceptors (Lipinski definition) is 4. The largest absolute Gasteiger partial charge is 0.323 e. The number of hydrogen-bond donors (Lipinski definition) is 3. The molecular formula is C23H23N5O. The molecule has 4 N–H and O–H groups in total. The number of hydrazine groups is 1. The number of nitrogens with one attached hydrogen (secondary N) is 2. The van der Waals surface area contributed by atoms with Gasteiger partial charge >= 0.3 is 6.03 Å². The van der Waals surface area contributed by atoms with Gasteiger partial charge in [0.05, 0.1) is 13.1 Å². The molecule has 6 nitrogen and oxygen atoms in total. The molecule has 0 fully saturated rings. The summed E-state index contributed by atoms with van der Waals surface area (Å²) in [5.74, 6) is 6.78. The van der Waals surface area contributed by atoms with Crippen molar-refractivity contribution in [3.05, 3.63) is 95.6 Å². The van der Waals surface area contributed by atoms with Crippen molar-refractivity contribution in [2.75, 3.05) is 23.7 Å². The number of amides is 2. The number of nitrogens with zero attached hydrogens (tertiary/aromatic N) is 2. The van der Waals surface area contributed by atoms with Gasteiger partial charge in [-0.2, -0.15) is 0 Å². The third-order valence-electron chi connectivity index (χ3n) is 4.74. The van der Waals surface area contributed by atoms with Gasteiger partial charge in [-0.1, -0.05) is 54.6 Å². The van der Waals surface area contributed by atoms with Gasteiger partial charge in [0.2, 0.25) is 0 Å². The van der Waals surface area contributed by atoms with E-state index in [1.54, 1.807) is 5.01 Å². The normalized spacial score (nSPS) is 13.1. The molecule has 0 saturated carbocycles. The molecule has 1 aliphatic rings. The molecule has 2 amide bonds. The molecule has 0 bridgehead atoms.